The Hall–Kier alpha value is -3.39. The average Bonchev–Trinajstić information content (AvgIpc) is 2.82. The molecule has 0 bridgehead atoms. The summed E-state index contributed by atoms with van der Waals surface area (Å²) >= 11 is 0. The zero-order valence-corrected chi connectivity index (χ0v) is 23.7. The Labute approximate surface area is 226 Å². The van der Waals surface area contributed by atoms with E-state index in [1.807, 2.05) is 76.2 Å². The minimum absolute atomic E-state index is 0.0698. The van der Waals surface area contributed by atoms with Gasteiger partial charge in [-0.2, -0.15) is 0 Å². The van der Waals surface area contributed by atoms with Gasteiger partial charge >= 0.3 is 6.09 Å². The lowest BCUT2D eigenvalue weighted by Crippen LogP contribution is -2.54. The maximum Gasteiger partial charge on any atom is 0.408 e. The van der Waals surface area contributed by atoms with Crippen LogP contribution in [0.1, 0.15) is 69.3 Å². The summed E-state index contributed by atoms with van der Waals surface area (Å²) in [6.45, 7) is 12.8. The fourth-order valence-electron chi connectivity index (χ4n) is 4.39. The number of alkyl carbamates (subject to hydrolysis) is 1. The first-order valence-electron chi connectivity index (χ1n) is 13.1. The van der Waals surface area contributed by atoms with Crippen LogP contribution in [-0.2, 0) is 20.9 Å². The van der Waals surface area contributed by atoms with Gasteiger partial charge in [0, 0.05) is 13.1 Å². The SMILES string of the molecule is Cc1cccc(C)c1C(C(=O)NCc1ccccc1)N(CCO)C(=O)C(CC(C)C)NC(=O)OC(C)(C)C. The quantitative estimate of drug-likeness (QED) is 0.403. The summed E-state index contributed by atoms with van der Waals surface area (Å²) in [5.74, 6) is -0.754. The van der Waals surface area contributed by atoms with Gasteiger partial charge in [-0.1, -0.05) is 62.4 Å². The lowest BCUT2D eigenvalue weighted by atomic mass is 9.93. The summed E-state index contributed by atoms with van der Waals surface area (Å²) in [6.07, 6.45) is -0.372. The minimum Gasteiger partial charge on any atom is -0.444 e. The van der Waals surface area contributed by atoms with Gasteiger partial charge in [-0.15, -0.1) is 0 Å². The van der Waals surface area contributed by atoms with Crippen molar-refractivity contribution in [2.45, 2.75) is 79.1 Å². The summed E-state index contributed by atoms with van der Waals surface area (Å²) in [4.78, 5) is 41.9. The Morgan fingerprint density at radius 1 is 0.974 bits per heavy atom. The van der Waals surface area contributed by atoms with Gasteiger partial charge in [0.05, 0.1) is 6.61 Å². The van der Waals surface area contributed by atoms with Gasteiger partial charge in [0.15, 0.2) is 0 Å². The number of hydrogen-bond acceptors (Lipinski definition) is 5. The molecule has 38 heavy (non-hydrogen) atoms. The summed E-state index contributed by atoms with van der Waals surface area (Å²) < 4.78 is 5.41. The van der Waals surface area contributed by atoms with Gasteiger partial charge in [-0.05, 0) is 69.2 Å². The molecule has 0 radical (unpaired) electrons. The molecule has 208 valence electrons. The Morgan fingerprint density at radius 3 is 2.11 bits per heavy atom. The van der Waals surface area contributed by atoms with Crippen LogP contribution in [0.5, 0.6) is 0 Å². The van der Waals surface area contributed by atoms with Gasteiger partial charge in [0.1, 0.15) is 17.7 Å². The monoisotopic (exact) mass is 525 g/mol. The Morgan fingerprint density at radius 2 is 1.58 bits per heavy atom. The number of ether oxygens (including phenoxy) is 1. The molecule has 3 amide bonds. The van der Waals surface area contributed by atoms with Crippen molar-refractivity contribution >= 4 is 17.9 Å². The third-order valence-electron chi connectivity index (χ3n) is 6.01. The third kappa shape index (κ3) is 9.17. The predicted octanol–water partition coefficient (Wildman–Crippen LogP) is 4.42. The molecular weight excluding hydrogens is 482 g/mol. The normalized spacial score (nSPS) is 13.0. The second-order valence-electron chi connectivity index (χ2n) is 11.0. The van der Waals surface area contributed by atoms with E-state index in [1.165, 1.54) is 4.90 Å². The van der Waals surface area contributed by atoms with Gasteiger partial charge in [0.25, 0.3) is 0 Å². The van der Waals surface area contributed by atoms with Gasteiger partial charge in [-0.25, -0.2) is 4.79 Å². The highest BCUT2D eigenvalue weighted by atomic mass is 16.6. The molecule has 0 heterocycles. The predicted molar refractivity (Wildman–Crippen MR) is 148 cm³/mol. The van der Waals surface area contributed by atoms with E-state index in [1.54, 1.807) is 20.8 Å². The maximum atomic E-state index is 14.1. The van der Waals surface area contributed by atoms with Crippen LogP contribution in [0.2, 0.25) is 0 Å². The number of nitrogens with one attached hydrogen (secondary N) is 2. The van der Waals surface area contributed by atoms with Crippen molar-refractivity contribution in [3.63, 3.8) is 0 Å². The Balaban J connectivity index is 2.49. The van der Waals surface area contributed by atoms with Gasteiger partial charge in [0.2, 0.25) is 11.8 Å². The van der Waals surface area contributed by atoms with Crippen molar-refractivity contribution in [1.29, 1.82) is 0 Å². The summed E-state index contributed by atoms with van der Waals surface area (Å²) in [5, 5.41) is 15.7. The largest absolute Gasteiger partial charge is 0.444 e. The molecule has 2 atom stereocenters. The van der Waals surface area contributed by atoms with Gasteiger partial charge < -0.3 is 25.4 Å². The molecule has 0 aliphatic heterocycles. The standard InChI is InChI=1S/C30H43N3O5/c1-20(2)18-24(32-29(37)38-30(5,6)7)28(36)33(16-17-34)26(25-21(3)12-11-13-22(25)4)27(35)31-19-23-14-9-8-10-15-23/h8-15,20,24,26,34H,16-19H2,1-7H3,(H,31,35)(H,32,37). The smallest absolute Gasteiger partial charge is 0.408 e. The van der Waals surface area contributed by atoms with Gasteiger partial charge in [-0.3, -0.25) is 9.59 Å². The molecule has 0 aliphatic carbocycles. The van der Waals surface area contributed by atoms with Crippen LogP contribution in [0.4, 0.5) is 4.79 Å². The molecule has 2 unspecified atom stereocenters. The highest BCUT2D eigenvalue weighted by molar-refractivity contribution is 5.92. The zero-order valence-electron chi connectivity index (χ0n) is 23.7. The topological polar surface area (TPSA) is 108 Å². The Bertz CT molecular complexity index is 1060. The highest BCUT2D eigenvalue weighted by Crippen LogP contribution is 2.29. The fraction of sp³-hybridized carbons (Fsp3) is 0.500. The molecule has 0 aromatic heterocycles. The van der Waals surface area contributed by atoms with Crippen molar-refractivity contribution in [1.82, 2.24) is 15.5 Å². The second-order valence-corrected chi connectivity index (χ2v) is 11.0. The van der Waals surface area contributed by atoms with Crippen LogP contribution in [0.3, 0.4) is 0 Å². The van der Waals surface area contributed by atoms with Crippen LogP contribution < -0.4 is 10.6 Å². The van der Waals surface area contributed by atoms with Crippen molar-refractivity contribution in [2.75, 3.05) is 13.2 Å². The molecule has 0 saturated heterocycles. The number of hydrogen-bond donors (Lipinski definition) is 3. The molecular formula is C30H43N3O5. The molecule has 0 aliphatic rings. The van der Waals surface area contributed by atoms with Crippen molar-refractivity contribution in [2.24, 2.45) is 5.92 Å². The van der Waals surface area contributed by atoms with Crippen molar-refractivity contribution in [3.05, 3.63) is 70.8 Å². The number of carbonyl (C=O) groups is 3. The first-order chi connectivity index (χ1) is 17.8. The van der Waals surface area contributed by atoms with E-state index in [0.29, 0.717) is 12.0 Å². The van der Waals surface area contributed by atoms with E-state index < -0.39 is 29.7 Å². The van der Waals surface area contributed by atoms with Crippen LogP contribution >= 0.6 is 0 Å². The molecule has 2 aromatic rings. The van der Waals surface area contributed by atoms with Crippen LogP contribution in [0.25, 0.3) is 0 Å². The number of aliphatic hydroxyl groups is 1. The summed E-state index contributed by atoms with van der Waals surface area (Å²) in [6, 6.07) is 13.3. The van der Waals surface area contributed by atoms with E-state index in [9.17, 15) is 19.5 Å². The summed E-state index contributed by atoms with van der Waals surface area (Å²) in [7, 11) is 0. The van der Waals surface area contributed by atoms with Crippen LogP contribution in [0, 0.1) is 19.8 Å². The number of aryl methyl sites for hydroxylation is 2. The number of aliphatic hydroxyl groups excluding tert-OH is 1. The molecule has 8 nitrogen and oxygen atoms in total. The molecule has 0 fully saturated rings. The lowest BCUT2D eigenvalue weighted by Gasteiger charge is -2.35. The molecule has 8 heteroatoms. The average molecular weight is 526 g/mol. The number of benzene rings is 2. The minimum atomic E-state index is -1.00. The van der Waals surface area contributed by atoms with E-state index in [-0.39, 0.29) is 31.5 Å². The van der Waals surface area contributed by atoms with E-state index in [2.05, 4.69) is 10.6 Å². The van der Waals surface area contributed by atoms with E-state index in [0.717, 1.165) is 16.7 Å². The number of rotatable bonds is 11. The molecule has 0 spiro atoms. The second kappa shape index (κ2) is 14.0. The first-order valence-corrected chi connectivity index (χ1v) is 13.1. The molecule has 2 rings (SSSR count). The number of nitrogens with zero attached hydrogens (tertiary/aromatic N) is 1. The summed E-state index contributed by atoms with van der Waals surface area (Å²) in [5.41, 5.74) is 2.58. The van der Waals surface area contributed by atoms with Crippen LogP contribution in [0.15, 0.2) is 48.5 Å². The van der Waals surface area contributed by atoms with Crippen molar-refractivity contribution in [3.8, 4) is 0 Å². The van der Waals surface area contributed by atoms with E-state index in [4.69, 9.17) is 4.74 Å². The molecule has 3 N–H and O–H groups in total. The maximum absolute atomic E-state index is 14.1. The fourth-order valence-corrected chi connectivity index (χ4v) is 4.39. The molecule has 0 saturated carbocycles. The van der Waals surface area contributed by atoms with E-state index >= 15 is 0 Å². The number of carbonyl (C=O) groups excluding carboxylic acids is 3. The first kappa shape index (κ1) is 30.8. The zero-order chi connectivity index (χ0) is 28.5. The third-order valence-corrected chi connectivity index (χ3v) is 6.01. The van der Waals surface area contributed by atoms with Crippen LogP contribution in [-0.4, -0.2) is 52.7 Å². The Kier molecular flexibility index (Phi) is 11.3. The lowest BCUT2D eigenvalue weighted by molar-refractivity contribution is -0.143. The molecule has 2 aromatic carbocycles. The van der Waals surface area contributed by atoms with Crippen molar-refractivity contribution < 1.29 is 24.2 Å². The highest BCUT2D eigenvalue weighted by Gasteiger charge is 2.37. The number of amides is 3.